The summed E-state index contributed by atoms with van der Waals surface area (Å²) in [6.07, 6.45) is 0.743. The molecule has 0 aromatic heterocycles. The van der Waals surface area contributed by atoms with Crippen molar-refractivity contribution in [1.29, 1.82) is 0 Å². The van der Waals surface area contributed by atoms with Crippen molar-refractivity contribution in [1.82, 2.24) is 5.32 Å². The average Bonchev–Trinajstić information content (AvgIpc) is 2.06. The summed E-state index contributed by atoms with van der Waals surface area (Å²) >= 11 is 0. The molecule has 0 radical (unpaired) electrons. The molecular weight excluding hydrogens is 190 g/mol. The molecule has 0 heterocycles. The number of carbonyl (C=O) groups excluding carboxylic acids is 1. The van der Waals surface area contributed by atoms with Crippen LogP contribution in [-0.2, 0) is 11.2 Å². The lowest BCUT2D eigenvalue weighted by molar-refractivity contribution is -0.120. The lowest BCUT2D eigenvalue weighted by Gasteiger charge is -2.25. The Morgan fingerprint density at radius 3 is 2.33 bits per heavy atom. The van der Waals surface area contributed by atoms with Crippen molar-refractivity contribution in [3.8, 4) is 5.75 Å². The molecule has 1 rings (SSSR count). The fraction of sp³-hybridized carbons (Fsp3) is 0.417. The Morgan fingerprint density at radius 1 is 1.33 bits per heavy atom. The van der Waals surface area contributed by atoms with Crippen molar-refractivity contribution in [2.75, 3.05) is 0 Å². The van der Waals surface area contributed by atoms with Gasteiger partial charge in [0.1, 0.15) is 5.75 Å². The van der Waals surface area contributed by atoms with Crippen molar-refractivity contribution in [2.24, 2.45) is 0 Å². The van der Waals surface area contributed by atoms with Gasteiger partial charge in [0.2, 0.25) is 5.91 Å². The van der Waals surface area contributed by atoms with Crippen molar-refractivity contribution in [2.45, 2.75) is 32.7 Å². The summed E-state index contributed by atoms with van der Waals surface area (Å²) in [6.45, 7) is 5.46. The van der Waals surface area contributed by atoms with Gasteiger partial charge >= 0.3 is 0 Å². The van der Waals surface area contributed by atoms with Gasteiger partial charge < -0.3 is 10.4 Å². The van der Waals surface area contributed by atoms with Crippen molar-refractivity contribution < 1.29 is 9.90 Å². The highest BCUT2D eigenvalue weighted by Crippen LogP contribution is 2.15. The Labute approximate surface area is 90.1 Å². The van der Waals surface area contributed by atoms with Crippen LogP contribution in [0.5, 0.6) is 5.75 Å². The highest BCUT2D eigenvalue weighted by atomic mass is 16.3. The molecule has 82 valence electrons. The number of amides is 1. The molecule has 0 saturated carbocycles. The second kappa shape index (κ2) is 4.34. The standard InChI is InChI=1S/C12H17NO2/c1-9(14)13-12(2,3)8-10-4-6-11(15)7-5-10/h4-7,15H,8H2,1-3H3,(H,13,14). The third-order valence-electron chi connectivity index (χ3n) is 2.10. The maximum Gasteiger partial charge on any atom is 0.217 e. The molecule has 1 amide bonds. The number of phenols is 1. The predicted octanol–water partition coefficient (Wildman–Crippen LogP) is 1.85. The predicted molar refractivity (Wildman–Crippen MR) is 59.7 cm³/mol. The zero-order chi connectivity index (χ0) is 11.5. The summed E-state index contributed by atoms with van der Waals surface area (Å²) in [7, 11) is 0. The smallest absolute Gasteiger partial charge is 0.217 e. The summed E-state index contributed by atoms with van der Waals surface area (Å²) in [5.41, 5.74) is 0.828. The minimum absolute atomic E-state index is 0.0289. The number of rotatable bonds is 3. The zero-order valence-corrected chi connectivity index (χ0v) is 9.37. The molecule has 0 spiro atoms. The van der Waals surface area contributed by atoms with Crippen LogP contribution in [-0.4, -0.2) is 16.6 Å². The molecule has 0 fully saturated rings. The van der Waals surface area contributed by atoms with Gasteiger partial charge in [-0.15, -0.1) is 0 Å². The Bertz CT molecular complexity index is 341. The number of phenolic OH excluding ortho intramolecular Hbond substituents is 1. The molecule has 0 atom stereocenters. The Hall–Kier alpha value is -1.51. The molecule has 15 heavy (non-hydrogen) atoms. The topological polar surface area (TPSA) is 49.3 Å². The molecule has 1 aromatic carbocycles. The van der Waals surface area contributed by atoms with Gasteiger partial charge in [0.05, 0.1) is 0 Å². The van der Waals surface area contributed by atoms with Crippen molar-refractivity contribution >= 4 is 5.91 Å². The fourth-order valence-corrected chi connectivity index (χ4v) is 1.64. The average molecular weight is 207 g/mol. The van der Waals surface area contributed by atoms with Crippen LogP contribution in [0.3, 0.4) is 0 Å². The van der Waals surface area contributed by atoms with Crippen LogP contribution in [0, 0.1) is 0 Å². The van der Waals surface area contributed by atoms with Crippen LogP contribution in [0.25, 0.3) is 0 Å². The summed E-state index contributed by atoms with van der Waals surface area (Å²) in [4.78, 5) is 11.0. The van der Waals surface area contributed by atoms with Crippen LogP contribution in [0.1, 0.15) is 26.3 Å². The van der Waals surface area contributed by atoms with Gasteiger partial charge in [-0.05, 0) is 38.0 Å². The first-order valence-electron chi connectivity index (χ1n) is 4.96. The van der Waals surface area contributed by atoms with Crippen LogP contribution < -0.4 is 5.32 Å². The quantitative estimate of drug-likeness (QED) is 0.794. The van der Waals surface area contributed by atoms with Crippen LogP contribution in [0.4, 0.5) is 0 Å². The van der Waals surface area contributed by atoms with E-state index in [9.17, 15) is 4.79 Å². The second-order valence-electron chi connectivity index (χ2n) is 4.41. The first kappa shape index (κ1) is 11.6. The summed E-state index contributed by atoms with van der Waals surface area (Å²) < 4.78 is 0. The maximum absolute atomic E-state index is 11.0. The van der Waals surface area contributed by atoms with E-state index in [1.807, 2.05) is 26.0 Å². The minimum Gasteiger partial charge on any atom is -0.508 e. The maximum atomic E-state index is 11.0. The van der Waals surface area contributed by atoms with Gasteiger partial charge in [-0.25, -0.2) is 0 Å². The van der Waals surface area contributed by atoms with Crippen LogP contribution in [0.15, 0.2) is 24.3 Å². The molecule has 3 heteroatoms. The minimum atomic E-state index is -0.261. The number of hydrogen-bond donors (Lipinski definition) is 2. The van der Waals surface area contributed by atoms with E-state index in [1.165, 1.54) is 6.92 Å². The fourth-order valence-electron chi connectivity index (χ4n) is 1.64. The summed E-state index contributed by atoms with van der Waals surface area (Å²) in [5, 5.41) is 12.0. The van der Waals surface area contributed by atoms with E-state index in [-0.39, 0.29) is 17.2 Å². The Balaban J connectivity index is 2.68. The molecule has 3 nitrogen and oxygen atoms in total. The van der Waals surface area contributed by atoms with Gasteiger partial charge in [0, 0.05) is 12.5 Å². The van der Waals surface area contributed by atoms with Gasteiger partial charge in [0.25, 0.3) is 0 Å². The molecule has 0 saturated heterocycles. The molecule has 0 unspecified atom stereocenters. The van der Waals surface area contributed by atoms with E-state index in [4.69, 9.17) is 5.11 Å². The second-order valence-corrected chi connectivity index (χ2v) is 4.41. The van der Waals surface area contributed by atoms with E-state index < -0.39 is 0 Å². The van der Waals surface area contributed by atoms with E-state index in [0.717, 1.165) is 12.0 Å². The molecular formula is C12H17NO2. The first-order valence-corrected chi connectivity index (χ1v) is 4.96. The molecule has 1 aromatic rings. The van der Waals surface area contributed by atoms with Crippen molar-refractivity contribution in [3.63, 3.8) is 0 Å². The van der Waals surface area contributed by atoms with Crippen LogP contribution in [0.2, 0.25) is 0 Å². The number of nitrogens with one attached hydrogen (secondary N) is 1. The number of benzene rings is 1. The van der Waals surface area contributed by atoms with E-state index in [1.54, 1.807) is 12.1 Å². The largest absolute Gasteiger partial charge is 0.508 e. The Kier molecular flexibility index (Phi) is 3.35. The Morgan fingerprint density at radius 2 is 1.87 bits per heavy atom. The number of hydrogen-bond acceptors (Lipinski definition) is 2. The first-order chi connectivity index (χ1) is 6.89. The van der Waals surface area contributed by atoms with Crippen LogP contribution >= 0.6 is 0 Å². The van der Waals surface area contributed by atoms with E-state index in [2.05, 4.69) is 5.32 Å². The summed E-state index contributed by atoms with van der Waals surface area (Å²) in [5.74, 6) is 0.231. The summed E-state index contributed by atoms with van der Waals surface area (Å²) in [6, 6.07) is 7.02. The van der Waals surface area contributed by atoms with Gasteiger partial charge in [-0.1, -0.05) is 12.1 Å². The highest BCUT2D eigenvalue weighted by Gasteiger charge is 2.18. The molecule has 0 aliphatic carbocycles. The monoisotopic (exact) mass is 207 g/mol. The van der Waals surface area contributed by atoms with Gasteiger partial charge in [0.15, 0.2) is 0 Å². The number of aromatic hydroxyl groups is 1. The van der Waals surface area contributed by atoms with Gasteiger partial charge in [-0.3, -0.25) is 4.79 Å². The SMILES string of the molecule is CC(=O)NC(C)(C)Cc1ccc(O)cc1. The molecule has 0 aliphatic heterocycles. The zero-order valence-electron chi connectivity index (χ0n) is 9.37. The number of carbonyl (C=O) groups is 1. The molecule has 0 bridgehead atoms. The third-order valence-corrected chi connectivity index (χ3v) is 2.10. The molecule has 2 N–H and O–H groups in total. The molecule has 0 aliphatic rings. The lowest BCUT2D eigenvalue weighted by Crippen LogP contribution is -2.43. The van der Waals surface area contributed by atoms with Crippen molar-refractivity contribution in [3.05, 3.63) is 29.8 Å². The third kappa shape index (κ3) is 4.02. The highest BCUT2D eigenvalue weighted by molar-refractivity contribution is 5.73. The van der Waals surface area contributed by atoms with E-state index in [0.29, 0.717) is 0 Å². The lowest BCUT2D eigenvalue weighted by atomic mass is 9.95. The van der Waals surface area contributed by atoms with Gasteiger partial charge in [-0.2, -0.15) is 0 Å². The van der Waals surface area contributed by atoms with E-state index >= 15 is 0 Å². The normalized spacial score (nSPS) is 11.1.